The van der Waals surface area contributed by atoms with Crippen molar-refractivity contribution in [2.75, 3.05) is 13.7 Å². The Balaban J connectivity index is 1.90. The van der Waals surface area contributed by atoms with Crippen LogP contribution in [-0.4, -0.2) is 30.2 Å². The standard InChI is InChI=1S/C31H34N2O6S/c1-17(2)16-38-30(36)27-19(5)32-31-33(28(27)23-12-13-24(39-20(6)34)25(15-23)37-7)29(35)26(40-31)14-21-8-10-22(11-9-21)18(3)4/h8-15,17-18,28H,16H2,1-7H3/b26-14+. The van der Waals surface area contributed by atoms with Crippen LogP contribution in [0.25, 0.3) is 6.08 Å². The van der Waals surface area contributed by atoms with E-state index >= 15 is 0 Å². The first-order valence-corrected chi connectivity index (χ1v) is 14.0. The number of allylic oxidation sites excluding steroid dienone is 1. The predicted octanol–water partition coefficient (Wildman–Crippen LogP) is 4.49. The lowest BCUT2D eigenvalue weighted by molar-refractivity contribution is -0.140. The molecule has 1 atom stereocenters. The van der Waals surface area contributed by atoms with Crippen molar-refractivity contribution in [3.05, 3.63) is 90.1 Å². The summed E-state index contributed by atoms with van der Waals surface area (Å²) in [5.74, 6) is 0.0380. The number of carbonyl (C=O) groups excluding carboxylic acids is 2. The molecule has 1 aliphatic heterocycles. The quantitative estimate of drug-likeness (QED) is 0.297. The van der Waals surface area contributed by atoms with E-state index in [1.807, 2.05) is 32.1 Å². The molecule has 40 heavy (non-hydrogen) atoms. The Labute approximate surface area is 237 Å². The first-order chi connectivity index (χ1) is 19.0. The Morgan fingerprint density at radius 3 is 2.38 bits per heavy atom. The molecule has 0 spiro atoms. The van der Waals surface area contributed by atoms with E-state index in [0.29, 0.717) is 32.3 Å². The van der Waals surface area contributed by atoms with E-state index in [1.165, 1.54) is 35.5 Å². The monoisotopic (exact) mass is 562 g/mol. The molecule has 3 aromatic rings. The molecule has 8 nitrogen and oxygen atoms in total. The molecule has 2 aromatic carbocycles. The molecular weight excluding hydrogens is 528 g/mol. The fraction of sp³-hybridized carbons (Fsp3) is 0.355. The van der Waals surface area contributed by atoms with Crippen LogP contribution in [0.15, 0.2) is 63.5 Å². The number of benzene rings is 2. The molecule has 0 amide bonds. The second kappa shape index (κ2) is 12.0. The Bertz CT molecular complexity index is 1640. The summed E-state index contributed by atoms with van der Waals surface area (Å²) in [6.07, 6.45) is 1.84. The molecule has 0 fully saturated rings. The summed E-state index contributed by atoms with van der Waals surface area (Å²) in [4.78, 5) is 44.0. The number of nitrogens with zero attached hydrogens (tertiary/aromatic N) is 2. The van der Waals surface area contributed by atoms with Crippen LogP contribution in [0.1, 0.15) is 70.2 Å². The Hall–Kier alpha value is -3.98. The lowest BCUT2D eigenvalue weighted by Gasteiger charge is -2.25. The third kappa shape index (κ3) is 6.09. The third-order valence-electron chi connectivity index (χ3n) is 6.45. The number of hydrogen-bond donors (Lipinski definition) is 0. The summed E-state index contributed by atoms with van der Waals surface area (Å²) >= 11 is 1.26. The average Bonchev–Trinajstić information content (AvgIpc) is 3.20. The molecule has 9 heteroatoms. The molecule has 0 saturated heterocycles. The molecule has 1 aromatic heterocycles. The van der Waals surface area contributed by atoms with Gasteiger partial charge in [-0.3, -0.25) is 14.2 Å². The molecular formula is C31H34N2O6S. The molecule has 4 rings (SSSR count). The minimum atomic E-state index is -0.818. The van der Waals surface area contributed by atoms with Gasteiger partial charge in [0.1, 0.15) is 0 Å². The fourth-order valence-corrected chi connectivity index (χ4v) is 5.49. The van der Waals surface area contributed by atoms with E-state index in [9.17, 15) is 14.4 Å². The third-order valence-corrected chi connectivity index (χ3v) is 7.43. The number of ether oxygens (including phenoxy) is 3. The number of fused-ring (bicyclic) bond motifs is 1. The van der Waals surface area contributed by atoms with Crippen LogP contribution in [0.2, 0.25) is 0 Å². The van der Waals surface area contributed by atoms with Crippen molar-refractivity contribution >= 4 is 29.4 Å². The highest BCUT2D eigenvalue weighted by Crippen LogP contribution is 2.36. The molecule has 0 saturated carbocycles. The van der Waals surface area contributed by atoms with Crippen molar-refractivity contribution in [3.63, 3.8) is 0 Å². The zero-order valence-electron chi connectivity index (χ0n) is 23.8. The Kier molecular flexibility index (Phi) is 8.73. The van der Waals surface area contributed by atoms with Gasteiger partial charge in [0.15, 0.2) is 16.3 Å². The van der Waals surface area contributed by atoms with Crippen LogP contribution in [0, 0.1) is 5.92 Å². The lowest BCUT2D eigenvalue weighted by Crippen LogP contribution is -2.40. The molecule has 0 aliphatic carbocycles. The molecule has 0 bridgehead atoms. The second-order valence-corrected chi connectivity index (χ2v) is 11.4. The van der Waals surface area contributed by atoms with E-state index in [1.54, 1.807) is 25.1 Å². The number of methoxy groups -OCH3 is 1. The molecule has 0 N–H and O–H groups in total. The SMILES string of the molecule is COc1cc(C2C(C(=O)OCC(C)C)=C(C)N=c3s/c(=C/c4ccc(C(C)C)cc4)c(=O)n32)ccc1OC(C)=O. The van der Waals surface area contributed by atoms with E-state index < -0.39 is 18.0 Å². The van der Waals surface area contributed by atoms with E-state index in [-0.39, 0.29) is 29.4 Å². The van der Waals surface area contributed by atoms with E-state index in [2.05, 4.69) is 31.0 Å². The number of esters is 2. The second-order valence-electron chi connectivity index (χ2n) is 10.4. The summed E-state index contributed by atoms with van der Waals surface area (Å²) < 4.78 is 18.4. The number of thiazole rings is 1. The predicted molar refractivity (Wildman–Crippen MR) is 154 cm³/mol. The van der Waals surface area contributed by atoms with Gasteiger partial charge >= 0.3 is 11.9 Å². The summed E-state index contributed by atoms with van der Waals surface area (Å²) in [5, 5.41) is 0. The maximum Gasteiger partial charge on any atom is 0.338 e. The number of hydrogen-bond acceptors (Lipinski definition) is 8. The number of carbonyl (C=O) groups is 2. The minimum absolute atomic E-state index is 0.134. The summed E-state index contributed by atoms with van der Waals surface area (Å²) in [5.41, 5.74) is 3.16. The summed E-state index contributed by atoms with van der Waals surface area (Å²) in [7, 11) is 1.46. The van der Waals surface area contributed by atoms with Crippen molar-refractivity contribution in [2.45, 2.75) is 53.5 Å². The van der Waals surface area contributed by atoms with Gasteiger partial charge in [-0.25, -0.2) is 9.79 Å². The number of rotatable bonds is 8. The van der Waals surface area contributed by atoms with Gasteiger partial charge in [0, 0.05) is 6.92 Å². The van der Waals surface area contributed by atoms with Gasteiger partial charge in [-0.15, -0.1) is 0 Å². The van der Waals surface area contributed by atoms with Gasteiger partial charge in [0.2, 0.25) is 0 Å². The highest BCUT2D eigenvalue weighted by molar-refractivity contribution is 7.07. The maximum absolute atomic E-state index is 13.9. The van der Waals surface area contributed by atoms with Crippen molar-refractivity contribution in [1.82, 2.24) is 4.57 Å². The van der Waals surface area contributed by atoms with Crippen LogP contribution < -0.4 is 24.4 Å². The molecule has 210 valence electrons. The zero-order valence-corrected chi connectivity index (χ0v) is 24.6. The van der Waals surface area contributed by atoms with Crippen LogP contribution in [-0.2, 0) is 14.3 Å². The first-order valence-electron chi connectivity index (χ1n) is 13.2. The summed E-state index contributed by atoms with van der Waals surface area (Å²) in [6.45, 7) is 11.4. The van der Waals surface area contributed by atoms with Gasteiger partial charge in [-0.1, -0.05) is 69.4 Å². The van der Waals surface area contributed by atoms with E-state index in [0.717, 1.165) is 5.56 Å². The largest absolute Gasteiger partial charge is 0.493 e. The molecule has 0 radical (unpaired) electrons. The topological polar surface area (TPSA) is 96.2 Å². The maximum atomic E-state index is 13.9. The van der Waals surface area contributed by atoms with Crippen molar-refractivity contribution < 1.29 is 23.8 Å². The van der Waals surface area contributed by atoms with E-state index in [4.69, 9.17) is 14.2 Å². The molecule has 1 aliphatic rings. The van der Waals surface area contributed by atoms with Crippen LogP contribution >= 0.6 is 11.3 Å². The van der Waals surface area contributed by atoms with Crippen LogP contribution in [0.4, 0.5) is 0 Å². The smallest absolute Gasteiger partial charge is 0.338 e. The lowest BCUT2D eigenvalue weighted by atomic mass is 9.95. The Morgan fingerprint density at radius 1 is 1.07 bits per heavy atom. The highest BCUT2D eigenvalue weighted by atomic mass is 32.1. The minimum Gasteiger partial charge on any atom is -0.493 e. The van der Waals surface area contributed by atoms with Gasteiger partial charge in [0.05, 0.1) is 35.6 Å². The Morgan fingerprint density at radius 2 is 1.77 bits per heavy atom. The molecule has 2 heterocycles. The van der Waals surface area contributed by atoms with Gasteiger partial charge in [-0.2, -0.15) is 0 Å². The van der Waals surface area contributed by atoms with Gasteiger partial charge < -0.3 is 14.2 Å². The number of aromatic nitrogens is 1. The highest BCUT2D eigenvalue weighted by Gasteiger charge is 2.34. The van der Waals surface area contributed by atoms with Crippen molar-refractivity contribution in [3.8, 4) is 11.5 Å². The van der Waals surface area contributed by atoms with Crippen molar-refractivity contribution in [2.24, 2.45) is 10.9 Å². The normalized spacial score (nSPS) is 15.2. The summed E-state index contributed by atoms with van der Waals surface area (Å²) in [6, 6.07) is 12.2. The fourth-order valence-electron chi connectivity index (χ4n) is 4.44. The van der Waals surface area contributed by atoms with Gasteiger partial charge in [-0.05, 0) is 53.7 Å². The zero-order chi connectivity index (χ0) is 29.1. The van der Waals surface area contributed by atoms with Crippen LogP contribution in [0.5, 0.6) is 11.5 Å². The average molecular weight is 563 g/mol. The van der Waals surface area contributed by atoms with Crippen molar-refractivity contribution in [1.29, 1.82) is 0 Å². The van der Waals surface area contributed by atoms with Crippen LogP contribution in [0.3, 0.4) is 0 Å². The molecule has 1 unspecified atom stereocenters. The first kappa shape index (κ1) is 29.0. The van der Waals surface area contributed by atoms with Gasteiger partial charge in [0.25, 0.3) is 5.56 Å².